The highest BCUT2D eigenvalue weighted by atomic mass is 127. The molecular formula is C24H17BrCl2INO2. The second-order valence-corrected chi connectivity index (χ2v) is 9.37. The second kappa shape index (κ2) is 11.2. The lowest BCUT2D eigenvalue weighted by molar-refractivity contribution is 0.267. The number of halogens is 4. The Labute approximate surface area is 213 Å². The molecule has 0 aliphatic rings. The molecule has 3 aromatic rings. The normalized spacial score (nSPS) is 11.2. The van der Waals surface area contributed by atoms with Crippen LogP contribution in [0.2, 0.25) is 10.0 Å². The van der Waals surface area contributed by atoms with Crippen molar-refractivity contribution < 1.29 is 9.47 Å². The van der Waals surface area contributed by atoms with Crippen LogP contribution in [0.15, 0.2) is 59.1 Å². The maximum absolute atomic E-state index is 9.67. The Morgan fingerprint density at radius 2 is 1.81 bits per heavy atom. The predicted octanol–water partition coefficient (Wildman–Crippen LogP) is 8.40. The van der Waals surface area contributed by atoms with Gasteiger partial charge in [0, 0.05) is 4.47 Å². The number of rotatable bonds is 7. The van der Waals surface area contributed by atoms with Crippen molar-refractivity contribution in [2.75, 3.05) is 6.61 Å². The Morgan fingerprint density at radius 3 is 2.45 bits per heavy atom. The van der Waals surface area contributed by atoms with Crippen molar-refractivity contribution in [1.29, 1.82) is 5.26 Å². The number of hydrogen-bond donors (Lipinski definition) is 0. The third-order valence-corrected chi connectivity index (χ3v) is 6.36. The van der Waals surface area contributed by atoms with Crippen molar-refractivity contribution in [3.05, 3.63) is 89.4 Å². The minimum absolute atomic E-state index is 0.404. The first-order valence-electron chi connectivity index (χ1n) is 9.32. The van der Waals surface area contributed by atoms with Crippen LogP contribution in [0.1, 0.15) is 23.6 Å². The lowest BCUT2D eigenvalue weighted by Gasteiger charge is -2.15. The van der Waals surface area contributed by atoms with Crippen LogP contribution in [0.5, 0.6) is 11.5 Å². The van der Waals surface area contributed by atoms with E-state index in [1.54, 1.807) is 24.3 Å². The summed E-state index contributed by atoms with van der Waals surface area (Å²) in [4.78, 5) is 0. The van der Waals surface area contributed by atoms with Gasteiger partial charge in [0.15, 0.2) is 11.5 Å². The number of allylic oxidation sites excluding steroid dienone is 1. The zero-order chi connectivity index (χ0) is 22.4. The van der Waals surface area contributed by atoms with E-state index in [2.05, 4.69) is 44.6 Å². The predicted molar refractivity (Wildman–Crippen MR) is 139 cm³/mol. The summed E-state index contributed by atoms with van der Waals surface area (Å²) in [5.74, 6) is 1.31. The van der Waals surface area contributed by atoms with E-state index in [0.717, 1.165) is 19.2 Å². The molecule has 0 fully saturated rings. The number of nitrogens with zero attached hydrogens (tertiary/aromatic N) is 1. The Bertz CT molecular complexity index is 1160. The van der Waals surface area contributed by atoms with Crippen LogP contribution in [0, 0.1) is 14.9 Å². The van der Waals surface area contributed by atoms with Gasteiger partial charge in [0.25, 0.3) is 0 Å². The molecule has 0 heterocycles. The van der Waals surface area contributed by atoms with Gasteiger partial charge in [-0.3, -0.25) is 0 Å². The number of ether oxygens (including phenoxy) is 2. The van der Waals surface area contributed by atoms with Crippen LogP contribution in [-0.2, 0) is 6.61 Å². The molecule has 0 N–H and O–H groups in total. The van der Waals surface area contributed by atoms with Gasteiger partial charge in [0.1, 0.15) is 6.61 Å². The fraction of sp³-hybridized carbons (Fsp3) is 0.125. The Balaban J connectivity index is 1.92. The van der Waals surface area contributed by atoms with Gasteiger partial charge in [-0.1, -0.05) is 57.3 Å². The monoisotopic (exact) mass is 627 g/mol. The van der Waals surface area contributed by atoms with Gasteiger partial charge in [0.2, 0.25) is 0 Å². The molecule has 3 nitrogen and oxygen atoms in total. The second-order valence-electron chi connectivity index (χ2n) is 6.48. The maximum atomic E-state index is 9.67. The van der Waals surface area contributed by atoms with E-state index in [4.69, 9.17) is 32.7 Å². The SMILES string of the molecule is CCOc1cc(/C=C(/C#N)c2ccc(Cl)c(Cl)c2)cc(I)c1OCc1ccc(Br)cc1. The van der Waals surface area contributed by atoms with Gasteiger partial charge in [-0.25, -0.2) is 0 Å². The van der Waals surface area contributed by atoms with E-state index in [1.165, 1.54) is 0 Å². The first-order chi connectivity index (χ1) is 14.9. The van der Waals surface area contributed by atoms with E-state index >= 15 is 0 Å². The van der Waals surface area contributed by atoms with Crippen LogP contribution in [0.4, 0.5) is 0 Å². The van der Waals surface area contributed by atoms with Crippen LogP contribution in [0.3, 0.4) is 0 Å². The molecule has 31 heavy (non-hydrogen) atoms. The van der Waals surface area contributed by atoms with Gasteiger partial charge >= 0.3 is 0 Å². The largest absolute Gasteiger partial charge is 0.490 e. The van der Waals surface area contributed by atoms with Crippen LogP contribution < -0.4 is 9.47 Å². The molecule has 0 spiro atoms. The summed E-state index contributed by atoms with van der Waals surface area (Å²) in [7, 11) is 0. The lowest BCUT2D eigenvalue weighted by Crippen LogP contribution is -2.02. The van der Waals surface area contributed by atoms with E-state index in [9.17, 15) is 5.26 Å². The molecular weight excluding hydrogens is 612 g/mol. The first kappa shape index (κ1) is 23.9. The topological polar surface area (TPSA) is 42.2 Å². The summed E-state index contributed by atoms with van der Waals surface area (Å²) in [6, 6.07) is 19.2. The number of benzene rings is 3. The third-order valence-electron chi connectivity index (χ3n) is 4.29. The molecule has 0 saturated heterocycles. The molecule has 0 bridgehead atoms. The molecule has 0 amide bonds. The minimum atomic E-state index is 0.404. The summed E-state index contributed by atoms with van der Waals surface area (Å²) in [5, 5.41) is 10.5. The molecule has 0 unspecified atom stereocenters. The van der Waals surface area contributed by atoms with Crippen molar-refractivity contribution in [3.63, 3.8) is 0 Å². The average molecular weight is 629 g/mol. The summed E-state index contributed by atoms with van der Waals surface area (Å²) >= 11 is 17.8. The first-order valence-corrected chi connectivity index (χ1v) is 11.9. The molecule has 0 radical (unpaired) electrons. The maximum Gasteiger partial charge on any atom is 0.175 e. The lowest BCUT2D eigenvalue weighted by atomic mass is 10.0. The smallest absolute Gasteiger partial charge is 0.175 e. The highest BCUT2D eigenvalue weighted by molar-refractivity contribution is 14.1. The van der Waals surface area contributed by atoms with E-state index in [0.29, 0.717) is 45.9 Å². The van der Waals surface area contributed by atoms with E-state index in [-0.39, 0.29) is 0 Å². The molecule has 3 rings (SSSR count). The fourth-order valence-corrected chi connectivity index (χ4v) is 4.16. The Kier molecular flexibility index (Phi) is 8.67. The number of nitriles is 1. The molecule has 0 aliphatic carbocycles. The Morgan fingerprint density at radius 1 is 1.06 bits per heavy atom. The van der Waals surface area contributed by atoms with Gasteiger partial charge < -0.3 is 9.47 Å². The van der Waals surface area contributed by atoms with Crippen molar-refractivity contribution in [2.24, 2.45) is 0 Å². The number of hydrogen-bond acceptors (Lipinski definition) is 3. The summed E-state index contributed by atoms with van der Waals surface area (Å²) < 4.78 is 13.8. The minimum Gasteiger partial charge on any atom is -0.490 e. The zero-order valence-electron chi connectivity index (χ0n) is 16.5. The van der Waals surface area contributed by atoms with Crippen molar-refractivity contribution >= 4 is 73.4 Å². The standard InChI is InChI=1S/C24H17BrCl2INO2/c1-2-30-23-11-16(9-18(13-29)17-5-8-20(26)21(27)12-17)10-22(28)24(23)31-14-15-3-6-19(25)7-4-15/h3-12H,2,14H2,1H3/b18-9-. The summed E-state index contributed by atoms with van der Waals surface area (Å²) in [6.45, 7) is 2.84. The van der Waals surface area contributed by atoms with Crippen molar-refractivity contribution in [1.82, 2.24) is 0 Å². The molecule has 0 aliphatic heterocycles. The molecule has 7 heteroatoms. The summed E-state index contributed by atoms with van der Waals surface area (Å²) in [5.41, 5.74) is 3.05. The Hall–Kier alpha value is -1.72. The molecule has 3 aromatic carbocycles. The van der Waals surface area contributed by atoms with Crippen molar-refractivity contribution in [2.45, 2.75) is 13.5 Å². The highest BCUT2D eigenvalue weighted by Gasteiger charge is 2.13. The average Bonchev–Trinajstić information content (AvgIpc) is 2.75. The molecule has 0 saturated carbocycles. The van der Waals surface area contributed by atoms with Gasteiger partial charge in [-0.15, -0.1) is 0 Å². The van der Waals surface area contributed by atoms with E-state index in [1.807, 2.05) is 43.3 Å². The third kappa shape index (κ3) is 6.39. The molecule has 158 valence electrons. The molecule has 0 atom stereocenters. The quantitative estimate of drug-likeness (QED) is 0.150. The summed E-state index contributed by atoms with van der Waals surface area (Å²) in [6.07, 6.45) is 1.79. The van der Waals surface area contributed by atoms with Gasteiger partial charge in [-0.2, -0.15) is 5.26 Å². The van der Waals surface area contributed by atoms with Crippen LogP contribution in [-0.4, -0.2) is 6.61 Å². The highest BCUT2D eigenvalue weighted by Crippen LogP contribution is 2.36. The zero-order valence-corrected chi connectivity index (χ0v) is 21.7. The van der Waals surface area contributed by atoms with Crippen LogP contribution >= 0.6 is 61.7 Å². The van der Waals surface area contributed by atoms with Crippen molar-refractivity contribution in [3.8, 4) is 17.6 Å². The van der Waals surface area contributed by atoms with Gasteiger partial charge in [-0.05, 0) is 88.7 Å². The fourth-order valence-electron chi connectivity index (χ4n) is 2.82. The van der Waals surface area contributed by atoms with E-state index < -0.39 is 0 Å². The molecule has 0 aromatic heterocycles. The van der Waals surface area contributed by atoms with Gasteiger partial charge in [0.05, 0.1) is 31.9 Å². The van der Waals surface area contributed by atoms with Crippen LogP contribution in [0.25, 0.3) is 11.6 Å².